The summed E-state index contributed by atoms with van der Waals surface area (Å²) in [6.45, 7) is 0. The molecule has 0 aromatic rings. The van der Waals surface area contributed by atoms with Gasteiger partial charge in [0.1, 0.15) is 0 Å². The molecule has 0 saturated heterocycles. The summed E-state index contributed by atoms with van der Waals surface area (Å²) in [6, 6.07) is 0. The van der Waals surface area contributed by atoms with Crippen molar-refractivity contribution in [2.45, 2.75) is 0 Å². The van der Waals surface area contributed by atoms with E-state index in [-0.39, 0.29) is 128 Å². The Hall–Kier alpha value is 3.72. The maximum absolute atomic E-state index is 8.74. The van der Waals surface area contributed by atoms with Gasteiger partial charge in [-0.15, -0.1) is 0 Å². The molecule has 0 aliphatic rings. The van der Waals surface area contributed by atoms with Crippen LogP contribution in [0.1, 0.15) is 0 Å². The first-order valence-electron chi connectivity index (χ1n) is 0.698. The minimum Gasteiger partial charge on any atom is -1.00 e. The van der Waals surface area contributed by atoms with Gasteiger partial charge in [-0.2, -0.15) is 8.42 Å². The van der Waals surface area contributed by atoms with Crippen LogP contribution in [0.3, 0.4) is 0 Å². The molecular formula is H2Cl2K2O4S. The maximum Gasteiger partial charge on any atom is 1.00 e. The molecule has 0 amide bonds. The molecule has 2 N–H and O–H groups in total. The first kappa shape index (κ1) is 29.3. The van der Waals surface area contributed by atoms with E-state index in [2.05, 4.69) is 0 Å². The molecule has 0 rings (SSSR count). The van der Waals surface area contributed by atoms with Crippen molar-refractivity contribution in [3.05, 3.63) is 0 Å². The number of rotatable bonds is 0. The summed E-state index contributed by atoms with van der Waals surface area (Å²) in [5.41, 5.74) is 0. The predicted octanol–water partition coefficient (Wildman–Crippen LogP) is -12.6. The van der Waals surface area contributed by atoms with Crippen molar-refractivity contribution in [1.82, 2.24) is 0 Å². The van der Waals surface area contributed by atoms with E-state index in [1.165, 1.54) is 0 Å². The molecule has 0 aliphatic carbocycles. The average molecular weight is 247 g/mol. The Morgan fingerprint density at radius 3 is 0.889 bits per heavy atom. The van der Waals surface area contributed by atoms with Crippen LogP contribution < -0.4 is 128 Å². The fourth-order valence-electron chi connectivity index (χ4n) is 0. The van der Waals surface area contributed by atoms with E-state index in [1.807, 2.05) is 0 Å². The molecule has 0 aromatic heterocycles. The van der Waals surface area contributed by atoms with Gasteiger partial charge >= 0.3 is 113 Å². The van der Waals surface area contributed by atoms with Gasteiger partial charge in [0.2, 0.25) is 0 Å². The smallest absolute Gasteiger partial charge is 1.00 e. The van der Waals surface area contributed by atoms with E-state index < -0.39 is 10.4 Å². The summed E-state index contributed by atoms with van der Waals surface area (Å²) in [5.74, 6) is 0. The van der Waals surface area contributed by atoms with Crippen LogP contribution in [0.4, 0.5) is 0 Å². The van der Waals surface area contributed by atoms with Crippen molar-refractivity contribution in [2.75, 3.05) is 0 Å². The van der Waals surface area contributed by atoms with Crippen molar-refractivity contribution in [1.29, 1.82) is 0 Å². The van der Waals surface area contributed by atoms with Crippen molar-refractivity contribution in [3.8, 4) is 0 Å². The number of hydrogen-bond donors (Lipinski definition) is 2. The topological polar surface area (TPSA) is 74.6 Å². The summed E-state index contributed by atoms with van der Waals surface area (Å²) in [6.07, 6.45) is 0. The second-order valence-electron chi connectivity index (χ2n) is 0.448. The Bertz CT molecular complexity index is 99.7. The molecule has 0 saturated carbocycles. The van der Waals surface area contributed by atoms with E-state index in [1.54, 1.807) is 0 Å². The molecule has 9 heavy (non-hydrogen) atoms. The molecule has 0 bridgehead atoms. The van der Waals surface area contributed by atoms with Gasteiger partial charge in [-0.1, -0.05) is 0 Å². The van der Waals surface area contributed by atoms with Gasteiger partial charge in [-0.3, -0.25) is 9.11 Å². The minimum absolute atomic E-state index is 0. The Kier molecular flexibility index (Phi) is 46.4. The van der Waals surface area contributed by atoms with Crippen molar-refractivity contribution < 1.29 is 145 Å². The Morgan fingerprint density at radius 2 is 0.889 bits per heavy atom. The van der Waals surface area contributed by atoms with E-state index >= 15 is 0 Å². The molecule has 9 heteroatoms. The molecule has 0 aromatic carbocycles. The van der Waals surface area contributed by atoms with Gasteiger partial charge in [0.15, 0.2) is 0 Å². The monoisotopic (exact) mass is 246 g/mol. The molecular weight excluding hydrogens is 245 g/mol. The normalized spacial score (nSPS) is 6.44. The summed E-state index contributed by atoms with van der Waals surface area (Å²) in [7, 11) is -4.67. The Morgan fingerprint density at radius 1 is 0.889 bits per heavy atom. The van der Waals surface area contributed by atoms with E-state index in [0.29, 0.717) is 0 Å². The van der Waals surface area contributed by atoms with Gasteiger partial charge in [-0.25, -0.2) is 0 Å². The number of hydrogen-bond acceptors (Lipinski definition) is 2. The Balaban J connectivity index is -0.0000000133. The van der Waals surface area contributed by atoms with Gasteiger partial charge in [-0.05, 0) is 0 Å². The third kappa shape index (κ3) is 80.0. The molecule has 0 aliphatic heterocycles. The van der Waals surface area contributed by atoms with Crippen LogP contribution >= 0.6 is 0 Å². The summed E-state index contributed by atoms with van der Waals surface area (Å²) < 4.78 is 31.6. The second-order valence-corrected chi connectivity index (χ2v) is 1.34. The largest absolute Gasteiger partial charge is 1.00 e. The van der Waals surface area contributed by atoms with Gasteiger partial charge < -0.3 is 24.8 Å². The third-order valence-electron chi connectivity index (χ3n) is 0. The van der Waals surface area contributed by atoms with Crippen molar-refractivity contribution in [2.24, 2.45) is 0 Å². The first-order valence-corrected chi connectivity index (χ1v) is 2.10. The maximum atomic E-state index is 8.74. The van der Waals surface area contributed by atoms with Crippen LogP contribution in [-0.4, -0.2) is 17.5 Å². The quantitative estimate of drug-likeness (QED) is 0.329. The van der Waals surface area contributed by atoms with E-state index in [9.17, 15) is 0 Å². The Labute approximate surface area is 151 Å². The van der Waals surface area contributed by atoms with E-state index in [0.717, 1.165) is 0 Å². The standard InChI is InChI=1S/2ClH.2K.H2O4S/c;;;;1-5(2,3)4/h2*1H;;;(H2,1,2,3,4)/q;;2*+1;/p-2. The summed E-state index contributed by atoms with van der Waals surface area (Å²) >= 11 is 0. The third-order valence-corrected chi connectivity index (χ3v) is 0. The van der Waals surface area contributed by atoms with Gasteiger partial charge in [0, 0.05) is 0 Å². The SMILES string of the molecule is O=S(=O)(O)O.[Cl-].[Cl-].[K+].[K+]. The fourth-order valence-corrected chi connectivity index (χ4v) is 0. The first-order chi connectivity index (χ1) is 2.00. The predicted molar refractivity (Wildman–Crippen MR) is 14.2 cm³/mol. The van der Waals surface area contributed by atoms with Crippen LogP contribution in [0, 0.1) is 0 Å². The van der Waals surface area contributed by atoms with E-state index in [4.69, 9.17) is 17.5 Å². The minimum atomic E-state index is -4.67. The molecule has 0 fully saturated rings. The van der Waals surface area contributed by atoms with Crippen LogP contribution in [0.15, 0.2) is 0 Å². The molecule has 0 unspecified atom stereocenters. The van der Waals surface area contributed by atoms with Gasteiger partial charge in [0.25, 0.3) is 0 Å². The average Bonchev–Trinajstić information content (AvgIpc) is 0.722. The van der Waals surface area contributed by atoms with Crippen LogP contribution in [0.2, 0.25) is 0 Å². The van der Waals surface area contributed by atoms with Crippen LogP contribution in [0.25, 0.3) is 0 Å². The molecule has 0 radical (unpaired) electrons. The second kappa shape index (κ2) is 14.3. The van der Waals surface area contributed by atoms with Crippen LogP contribution in [0.5, 0.6) is 0 Å². The van der Waals surface area contributed by atoms with Crippen molar-refractivity contribution >= 4 is 10.4 Å². The number of halogens is 2. The fraction of sp³-hybridized carbons (Fsp3) is 0. The molecule has 48 valence electrons. The zero-order valence-corrected chi connectivity index (χ0v) is 13.4. The zero-order valence-electron chi connectivity index (χ0n) is 4.88. The molecule has 0 atom stereocenters. The molecule has 0 heterocycles. The van der Waals surface area contributed by atoms with Crippen molar-refractivity contribution in [3.63, 3.8) is 0 Å². The molecule has 0 spiro atoms. The molecule has 4 nitrogen and oxygen atoms in total. The zero-order chi connectivity index (χ0) is 4.50. The summed E-state index contributed by atoms with van der Waals surface area (Å²) in [5, 5.41) is 0. The van der Waals surface area contributed by atoms with Crippen LogP contribution in [-0.2, 0) is 10.4 Å². The van der Waals surface area contributed by atoms with Gasteiger partial charge in [0.05, 0.1) is 0 Å². The summed E-state index contributed by atoms with van der Waals surface area (Å²) in [4.78, 5) is 0.